The van der Waals surface area contributed by atoms with Gasteiger partial charge in [-0.1, -0.05) is 12.1 Å². The molecule has 2 rings (SSSR count). The van der Waals surface area contributed by atoms with Gasteiger partial charge in [0.25, 0.3) is 5.91 Å². The maximum absolute atomic E-state index is 12.4. The molecular weight excluding hydrogens is 250 g/mol. The molecule has 18 heavy (non-hydrogen) atoms. The van der Waals surface area contributed by atoms with Gasteiger partial charge >= 0.3 is 0 Å². The van der Waals surface area contributed by atoms with Crippen LogP contribution < -0.4 is 0 Å². The summed E-state index contributed by atoms with van der Waals surface area (Å²) in [6, 6.07) is 7.52. The van der Waals surface area contributed by atoms with Gasteiger partial charge in [0.2, 0.25) is 0 Å². The average Bonchev–Trinajstić information content (AvgIpc) is 2.62. The van der Waals surface area contributed by atoms with E-state index in [4.69, 9.17) is 16.3 Å². The van der Waals surface area contributed by atoms with E-state index in [9.17, 15) is 4.79 Å². The molecule has 1 aliphatic heterocycles. The Hall–Kier alpha value is -1.06. The summed E-state index contributed by atoms with van der Waals surface area (Å²) in [5, 5.41) is 0. The molecule has 1 aromatic rings. The minimum atomic E-state index is 0.0688. The van der Waals surface area contributed by atoms with Gasteiger partial charge in [0.15, 0.2) is 0 Å². The molecule has 1 atom stereocenters. The Morgan fingerprint density at radius 3 is 3.17 bits per heavy atom. The smallest absolute Gasteiger partial charge is 0.253 e. The van der Waals surface area contributed by atoms with Gasteiger partial charge in [-0.05, 0) is 31.0 Å². The number of halogens is 1. The fourth-order valence-electron chi connectivity index (χ4n) is 2.15. The van der Waals surface area contributed by atoms with Crippen molar-refractivity contribution in [2.75, 3.05) is 19.7 Å². The van der Waals surface area contributed by atoms with Crippen molar-refractivity contribution < 1.29 is 9.53 Å². The third-order valence-corrected chi connectivity index (χ3v) is 3.38. The Kier molecular flexibility index (Phi) is 4.61. The van der Waals surface area contributed by atoms with Crippen molar-refractivity contribution in [1.29, 1.82) is 0 Å². The van der Waals surface area contributed by atoms with Gasteiger partial charge in [-0.2, -0.15) is 0 Å². The second-order valence-electron chi connectivity index (χ2n) is 4.62. The van der Waals surface area contributed by atoms with Crippen molar-refractivity contribution in [3.63, 3.8) is 0 Å². The normalized spacial score (nSPS) is 20.6. The van der Waals surface area contributed by atoms with E-state index in [0.717, 1.165) is 25.1 Å². The topological polar surface area (TPSA) is 29.5 Å². The number of amides is 1. The molecule has 98 valence electrons. The van der Waals surface area contributed by atoms with Crippen molar-refractivity contribution in [2.45, 2.75) is 25.3 Å². The minimum Gasteiger partial charge on any atom is -0.377 e. The molecule has 1 saturated heterocycles. The van der Waals surface area contributed by atoms with Crippen molar-refractivity contribution in [3.8, 4) is 0 Å². The van der Waals surface area contributed by atoms with Crippen molar-refractivity contribution >= 4 is 17.5 Å². The van der Waals surface area contributed by atoms with Gasteiger partial charge in [0.1, 0.15) is 0 Å². The highest BCUT2D eigenvalue weighted by Crippen LogP contribution is 2.13. The summed E-state index contributed by atoms with van der Waals surface area (Å²) in [6.07, 6.45) is 0.998. The first kappa shape index (κ1) is 13.4. The highest BCUT2D eigenvalue weighted by atomic mass is 35.5. The van der Waals surface area contributed by atoms with Crippen molar-refractivity contribution in [3.05, 3.63) is 35.4 Å². The van der Waals surface area contributed by atoms with Crippen LogP contribution in [0.4, 0.5) is 0 Å². The van der Waals surface area contributed by atoms with Crippen LogP contribution >= 0.6 is 11.6 Å². The van der Waals surface area contributed by atoms with E-state index in [1.165, 1.54) is 0 Å². The summed E-state index contributed by atoms with van der Waals surface area (Å²) in [4.78, 5) is 14.3. The molecule has 0 aliphatic carbocycles. The van der Waals surface area contributed by atoms with Crippen LogP contribution in [0, 0.1) is 0 Å². The second kappa shape index (κ2) is 6.21. The molecule has 0 aromatic heterocycles. The largest absolute Gasteiger partial charge is 0.377 e. The monoisotopic (exact) mass is 267 g/mol. The standard InChI is InChI=1S/C14H18ClNO2/c1-11-10-16(6-3-7-18-11)14(17)13-5-2-4-12(8-13)9-15/h2,4-5,8,11H,3,6-7,9-10H2,1H3. The van der Waals surface area contributed by atoms with Crippen molar-refractivity contribution in [2.24, 2.45) is 0 Å². The van der Waals surface area contributed by atoms with Gasteiger partial charge < -0.3 is 9.64 Å². The summed E-state index contributed by atoms with van der Waals surface area (Å²) in [5.74, 6) is 0.500. The van der Waals surface area contributed by atoms with Crippen LogP contribution in [0.1, 0.15) is 29.3 Å². The van der Waals surface area contributed by atoms with E-state index < -0.39 is 0 Å². The first-order valence-corrected chi connectivity index (χ1v) is 6.80. The molecule has 1 unspecified atom stereocenters. The summed E-state index contributed by atoms with van der Waals surface area (Å²) < 4.78 is 5.55. The van der Waals surface area contributed by atoms with E-state index in [1.807, 2.05) is 36.1 Å². The molecule has 1 heterocycles. The number of carbonyl (C=O) groups is 1. The molecule has 4 heteroatoms. The number of alkyl halides is 1. The Morgan fingerprint density at radius 1 is 1.56 bits per heavy atom. The van der Waals surface area contributed by atoms with E-state index >= 15 is 0 Å². The molecule has 0 saturated carbocycles. The van der Waals surface area contributed by atoms with E-state index in [1.54, 1.807) is 0 Å². The Bertz CT molecular complexity index is 422. The van der Waals surface area contributed by atoms with Crippen LogP contribution in [0.15, 0.2) is 24.3 Å². The quantitative estimate of drug-likeness (QED) is 0.771. The van der Waals surface area contributed by atoms with Gasteiger partial charge in [-0.3, -0.25) is 4.79 Å². The maximum Gasteiger partial charge on any atom is 0.253 e. The van der Waals surface area contributed by atoms with Crippen LogP contribution in [-0.2, 0) is 10.6 Å². The molecule has 1 fully saturated rings. The molecule has 0 radical (unpaired) electrons. The number of ether oxygens (including phenoxy) is 1. The summed E-state index contributed by atoms with van der Waals surface area (Å²) in [5.41, 5.74) is 1.68. The summed E-state index contributed by atoms with van der Waals surface area (Å²) in [6.45, 7) is 4.14. The third kappa shape index (κ3) is 3.24. The second-order valence-corrected chi connectivity index (χ2v) is 4.89. The predicted octanol–water partition coefficient (Wildman–Crippen LogP) is 2.68. The van der Waals surface area contributed by atoms with Gasteiger partial charge in [-0.25, -0.2) is 0 Å². The first-order valence-electron chi connectivity index (χ1n) is 6.26. The zero-order valence-electron chi connectivity index (χ0n) is 10.6. The Labute approximate surface area is 113 Å². The molecular formula is C14H18ClNO2. The molecule has 0 N–H and O–H groups in total. The van der Waals surface area contributed by atoms with Crippen LogP contribution in [-0.4, -0.2) is 36.6 Å². The lowest BCUT2D eigenvalue weighted by Gasteiger charge is -2.22. The lowest BCUT2D eigenvalue weighted by molar-refractivity contribution is 0.0562. The number of hydrogen-bond donors (Lipinski definition) is 0. The lowest BCUT2D eigenvalue weighted by Crippen LogP contribution is -2.35. The zero-order valence-corrected chi connectivity index (χ0v) is 11.3. The highest BCUT2D eigenvalue weighted by Gasteiger charge is 2.20. The van der Waals surface area contributed by atoms with E-state index in [0.29, 0.717) is 18.0 Å². The van der Waals surface area contributed by atoms with E-state index in [2.05, 4.69) is 0 Å². The van der Waals surface area contributed by atoms with Gasteiger partial charge in [0, 0.05) is 31.1 Å². The number of nitrogens with zero attached hydrogens (tertiary/aromatic N) is 1. The van der Waals surface area contributed by atoms with Gasteiger partial charge in [-0.15, -0.1) is 11.6 Å². The minimum absolute atomic E-state index is 0.0688. The number of benzene rings is 1. The van der Waals surface area contributed by atoms with Crippen LogP contribution in [0.3, 0.4) is 0 Å². The van der Waals surface area contributed by atoms with Crippen molar-refractivity contribution in [1.82, 2.24) is 4.90 Å². The SMILES string of the molecule is CC1CN(C(=O)c2cccc(CCl)c2)CCCO1. The maximum atomic E-state index is 12.4. The number of rotatable bonds is 2. The summed E-state index contributed by atoms with van der Waals surface area (Å²) in [7, 11) is 0. The molecule has 0 spiro atoms. The number of carbonyl (C=O) groups excluding carboxylic acids is 1. The Morgan fingerprint density at radius 2 is 2.39 bits per heavy atom. The lowest BCUT2D eigenvalue weighted by atomic mass is 10.1. The number of hydrogen-bond acceptors (Lipinski definition) is 2. The highest BCUT2D eigenvalue weighted by molar-refractivity contribution is 6.17. The molecule has 3 nitrogen and oxygen atoms in total. The van der Waals surface area contributed by atoms with Crippen LogP contribution in [0.2, 0.25) is 0 Å². The predicted molar refractivity (Wildman–Crippen MR) is 71.9 cm³/mol. The van der Waals surface area contributed by atoms with Crippen LogP contribution in [0.5, 0.6) is 0 Å². The third-order valence-electron chi connectivity index (χ3n) is 3.07. The first-order chi connectivity index (χ1) is 8.70. The molecule has 1 aromatic carbocycles. The van der Waals surface area contributed by atoms with Gasteiger partial charge in [0.05, 0.1) is 6.10 Å². The average molecular weight is 268 g/mol. The fraction of sp³-hybridized carbons (Fsp3) is 0.500. The zero-order chi connectivity index (χ0) is 13.0. The molecule has 1 amide bonds. The van der Waals surface area contributed by atoms with E-state index in [-0.39, 0.29) is 12.0 Å². The Balaban J connectivity index is 2.13. The molecule has 0 bridgehead atoms. The molecule has 1 aliphatic rings. The fourth-order valence-corrected chi connectivity index (χ4v) is 2.32. The van der Waals surface area contributed by atoms with Crippen LogP contribution in [0.25, 0.3) is 0 Å². The summed E-state index contributed by atoms with van der Waals surface area (Å²) >= 11 is 5.79.